The summed E-state index contributed by atoms with van der Waals surface area (Å²) in [5.74, 6) is 0.634. The van der Waals surface area contributed by atoms with Crippen molar-refractivity contribution in [3.63, 3.8) is 0 Å². The van der Waals surface area contributed by atoms with Gasteiger partial charge in [-0.2, -0.15) is 13.5 Å². The lowest BCUT2D eigenvalue weighted by Gasteiger charge is -2.21. The molecule has 3 aliphatic rings. The Kier molecular flexibility index (Phi) is 8.08. The first-order valence-electron chi connectivity index (χ1n) is 11.3. The van der Waals surface area contributed by atoms with E-state index in [9.17, 15) is 18.7 Å². The molecule has 0 amide bonds. The second kappa shape index (κ2) is 10.8. The predicted octanol–water partition coefficient (Wildman–Crippen LogP) is 5.24. The molecule has 2 aliphatic carbocycles. The SMILES string of the molecule is O=C(CCCCc1ccccc1)C1C2CC(SNC(F)(F)CC3=NCCS3)=CC2C[C@H]1O. The maximum Gasteiger partial charge on any atom is 0.317 e. The molecule has 0 spiro atoms. The van der Waals surface area contributed by atoms with Crippen LogP contribution >= 0.6 is 23.7 Å². The monoisotopic (exact) mass is 480 g/mol. The fourth-order valence-electron chi connectivity index (χ4n) is 4.98. The first-order valence-corrected chi connectivity index (χ1v) is 13.1. The van der Waals surface area contributed by atoms with Gasteiger partial charge in [-0.1, -0.05) is 36.4 Å². The number of nitrogens with one attached hydrogen (secondary N) is 1. The number of halogens is 2. The van der Waals surface area contributed by atoms with Crippen LogP contribution < -0.4 is 4.72 Å². The van der Waals surface area contributed by atoms with Crippen LogP contribution in [0.2, 0.25) is 0 Å². The molecule has 0 radical (unpaired) electrons. The normalized spacial score (nSPS) is 27.3. The van der Waals surface area contributed by atoms with Gasteiger partial charge in [0.15, 0.2) is 0 Å². The fourth-order valence-corrected chi connectivity index (χ4v) is 6.74. The van der Waals surface area contributed by atoms with Crippen molar-refractivity contribution in [1.82, 2.24) is 4.72 Å². The van der Waals surface area contributed by atoms with E-state index < -0.39 is 12.2 Å². The summed E-state index contributed by atoms with van der Waals surface area (Å²) in [6, 6.07) is 7.19. The molecule has 4 rings (SSSR count). The number of ketones is 1. The number of aryl methyl sites for hydroxylation is 1. The number of thioether (sulfide) groups is 1. The van der Waals surface area contributed by atoms with Crippen molar-refractivity contribution in [2.75, 3.05) is 12.3 Å². The third-order valence-corrected chi connectivity index (χ3v) is 8.44. The minimum absolute atomic E-state index is 0.0271. The lowest BCUT2D eigenvalue weighted by Crippen LogP contribution is -2.33. The zero-order valence-corrected chi connectivity index (χ0v) is 19.6. The summed E-state index contributed by atoms with van der Waals surface area (Å²) in [6.45, 7) is 0.613. The van der Waals surface area contributed by atoms with Crippen LogP contribution in [0.15, 0.2) is 46.3 Å². The van der Waals surface area contributed by atoms with Gasteiger partial charge in [0.1, 0.15) is 5.78 Å². The standard InChI is InChI=1S/C24H30F2N2O2S2/c25-24(26,15-22-27-10-11-31-22)28-32-18-12-17-13-21(30)23(19(17)14-18)20(29)9-5-4-8-16-6-2-1-3-7-16/h1-3,6-7,12,17,19,21,23,28,30H,4-5,8-11,13-15H2/t17?,19?,21-,23?/m1/s1. The molecule has 3 unspecified atom stereocenters. The van der Waals surface area contributed by atoms with Crippen LogP contribution in [0.4, 0.5) is 8.78 Å². The zero-order chi connectivity index (χ0) is 22.6. The lowest BCUT2D eigenvalue weighted by atomic mass is 9.85. The number of rotatable bonds is 11. The molecule has 1 saturated carbocycles. The molecule has 0 saturated heterocycles. The van der Waals surface area contributed by atoms with Gasteiger partial charge >= 0.3 is 6.05 Å². The Bertz CT molecular complexity index is 863. The van der Waals surface area contributed by atoms with Gasteiger partial charge < -0.3 is 5.11 Å². The average Bonchev–Trinajstić information content (AvgIpc) is 3.46. The minimum Gasteiger partial charge on any atom is -0.392 e. The Hall–Kier alpha value is -1.22. The molecular weight excluding hydrogens is 450 g/mol. The van der Waals surface area contributed by atoms with Crippen LogP contribution in [-0.4, -0.2) is 40.4 Å². The number of carbonyl (C=O) groups is 1. The van der Waals surface area contributed by atoms with Crippen LogP contribution in [0.3, 0.4) is 0 Å². The van der Waals surface area contributed by atoms with Gasteiger partial charge in [-0.3, -0.25) is 9.79 Å². The summed E-state index contributed by atoms with van der Waals surface area (Å²) in [7, 11) is 0. The van der Waals surface area contributed by atoms with E-state index in [1.807, 2.05) is 24.3 Å². The molecular formula is C24H30F2N2O2S2. The quantitative estimate of drug-likeness (QED) is 0.258. The van der Waals surface area contributed by atoms with E-state index in [0.29, 0.717) is 30.9 Å². The van der Waals surface area contributed by atoms with Crippen LogP contribution in [-0.2, 0) is 11.2 Å². The van der Waals surface area contributed by atoms with Crippen molar-refractivity contribution in [3.8, 4) is 0 Å². The van der Waals surface area contributed by atoms with Crippen LogP contribution in [0, 0.1) is 17.8 Å². The number of unbranched alkanes of at least 4 members (excludes halogenated alkanes) is 1. The first kappa shape index (κ1) is 23.9. The van der Waals surface area contributed by atoms with E-state index in [0.717, 1.165) is 41.9 Å². The van der Waals surface area contributed by atoms with Crippen LogP contribution in [0.5, 0.6) is 0 Å². The van der Waals surface area contributed by atoms with E-state index in [-0.39, 0.29) is 30.0 Å². The molecule has 4 nitrogen and oxygen atoms in total. The average molecular weight is 481 g/mol. The van der Waals surface area contributed by atoms with Gasteiger partial charge in [-0.05, 0) is 66.4 Å². The molecule has 1 aromatic rings. The van der Waals surface area contributed by atoms with Crippen molar-refractivity contribution >= 4 is 34.5 Å². The van der Waals surface area contributed by atoms with Crippen molar-refractivity contribution in [2.45, 2.75) is 57.1 Å². The number of carbonyl (C=O) groups excluding carboxylic acids is 1. The minimum atomic E-state index is -3.02. The number of Topliss-reactive ketones (excluding diaryl/α,β-unsaturated/α-hetero) is 1. The van der Waals surface area contributed by atoms with E-state index >= 15 is 0 Å². The van der Waals surface area contributed by atoms with Gasteiger partial charge in [0.05, 0.1) is 17.6 Å². The number of aliphatic hydroxyl groups excluding tert-OH is 1. The highest BCUT2D eigenvalue weighted by atomic mass is 32.2. The van der Waals surface area contributed by atoms with Gasteiger partial charge in [0.2, 0.25) is 0 Å². The molecule has 1 aromatic carbocycles. The number of aliphatic hydroxyl groups is 1. The molecule has 1 fully saturated rings. The number of alkyl halides is 2. The Morgan fingerprint density at radius 2 is 2.09 bits per heavy atom. The predicted molar refractivity (Wildman–Crippen MR) is 128 cm³/mol. The fraction of sp³-hybridized carbons (Fsp3) is 0.583. The van der Waals surface area contributed by atoms with Crippen molar-refractivity contribution < 1.29 is 18.7 Å². The molecule has 1 aliphatic heterocycles. The van der Waals surface area contributed by atoms with Crippen LogP contribution in [0.25, 0.3) is 0 Å². The Labute approximate surface area is 196 Å². The summed E-state index contributed by atoms with van der Waals surface area (Å²) in [6.07, 6.45) is 5.25. The van der Waals surface area contributed by atoms with Gasteiger partial charge in [0.25, 0.3) is 0 Å². The number of allylic oxidation sites excluding steroid dienone is 2. The van der Waals surface area contributed by atoms with Crippen molar-refractivity contribution in [2.24, 2.45) is 22.7 Å². The Morgan fingerprint density at radius 1 is 1.28 bits per heavy atom. The molecule has 0 aromatic heterocycles. The molecule has 8 heteroatoms. The highest BCUT2D eigenvalue weighted by Gasteiger charge is 2.48. The number of nitrogens with zero attached hydrogens (tertiary/aromatic N) is 1. The summed E-state index contributed by atoms with van der Waals surface area (Å²) in [5.41, 5.74) is 1.27. The second-order valence-electron chi connectivity index (χ2n) is 8.86. The molecule has 174 valence electrons. The second-order valence-corrected chi connectivity index (χ2v) is 11.0. The third kappa shape index (κ3) is 6.22. The highest BCUT2D eigenvalue weighted by molar-refractivity contribution is 8.14. The number of benzene rings is 1. The summed E-state index contributed by atoms with van der Waals surface area (Å²) >= 11 is 2.36. The molecule has 32 heavy (non-hydrogen) atoms. The summed E-state index contributed by atoms with van der Waals surface area (Å²) in [4.78, 5) is 17.8. The Morgan fingerprint density at radius 3 is 2.84 bits per heavy atom. The molecule has 0 bridgehead atoms. The summed E-state index contributed by atoms with van der Waals surface area (Å²) < 4.78 is 30.8. The number of aliphatic imine (C=N–C) groups is 1. The van der Waals surface area contributed by atoms with E-state index in [4.69, 9.17) is 0 Å². The highest BCUT2D eigenvalue weighted by Crippen LogP contribution is 2.49. The lowest BCUT2D eigenvalue weighted by molar-refractivity contribution is -0.127. The van der Waals surface area contributed by atoms with E-state index in [1.165, 1.54) is 17.3 Å². The molecule has 4 atom stereocenters. The van der Waals surface area contributed by atoms with Gasteiger partial charge in [0, 0.05) is 24.6 Å². The summed E-state index contributed by atoms with van der Waals surface area (Å²) in [5, 5.41) is 11.0. The van der Waals surface area contributed by atoms with E-state index in [2.05, 4.69) is 21.8 Å². The molecule has 2 N–H and O–H groups in total. The maximum atomic E-state index is 14.2. The number of fused-ring (bicyclic) bond motifs is 1. The van der Waals surface area contributed by atoms with E-state index in [1.54, 1.807) is 0 Å². The largest absolute Gasteiger partial charge is 0.392 e. The number of hydrogen-bond acceptors (Lipinski definition) is 6. The smallest absolute Gasteiger partial charge is 0.317 e. The van der Waals surface area contributed by atoms with Crippen molar-refractivity contribution in [1.29, 1.82) is 0 Å². The maximum absolute atomic E-state index is 14.2. The third-order valence-electron chi connectivity index (χ3n) is 6.48. The number of hydrogen-bond donors (Lipinski definition) is 2. The van der Waals surface area contributed by atoms with Gasteiger partial charge in [-0.15, -0.1) is 11.8 Å². The Balaban J connectivity index is 1.23. The van der Waals surface area contributed by atoms with Crippen molar-refractivity contribution in [3.05, 3.63) is 46.9 Å². The van der Waals surface area contributed by atoms with Crippen LogP contribution in [0.1, 0.15) is 44.1 Å². The molecule has 1 heterocycles. The zero-order valence-electron chi connectivity index (χ0n) is 18.0. The first-order chi connectivity index (χ1) is 15.4. The van der Waals surface area contributed by atoms with Gasteiger partial charge in [-0.25, -0.2) is 0 Å². The topological polar surface area (TPSA) is 61.7 Å².